The summed E-state index contributed by atoms with van der Waals surface area (Å²) in [4.78, 5) is 2.43. The largest absolute Gasteiger partial charge is 0.310 e. The summed E-state index contributed by atoms with van der Waals surface area (Å²) in [5.74, 6) is 0. The number of rotatable bonds is 3. The number of para-hydroxylation sites is 1. The minimum atomic E-state index is -0.418. The quantitative estimate of drug-likeness (QED) is 0.200. The third-order valence-electron chi connectivity index (χ3n) is 10.2. The summed E-state index contributed by atoms with van der Waals surface area (Å²) in [6.07, 6.45) is 0. The van der Waals surface area contributed by atoms with Crippen molar-refractivity contribution in [2.45, 2.75) is 5.41 Å². The Balaban J connectivity index is 1.31. The van der Waals surface area contributed by atoms with Crippen molar-refractivity contribution in [3.05, 3.63) is 198 Å². The Morgan fingerprint density at radius 2 is 0.891 bits per heavy atom. The summed E-state index contributed by atoms with van der Waals surface area (Å²) in [5.41, 5.74) is 13.8. The van der Waals surface area contributed by atoms with E-state index in [2.05, 4.69) is 181 Å². The van der Waals surface area contributed by atoms with Gasteiger partial charge in [-0.3, -0.25) is 0 Å². The molecule has 0 bridgehead atoms. The summed E-state index contributed by atoms with van der Waals surface area (Å²) in [6.45, 7) is 0. The fourth-order valence-corrected chi connectivity index (χ4v) is 8.36. The Kier molecular flexibility index (Phi) is 5.27. The van der Waals surface area contributed by atoms with Gasteiger partial charge < -0.3 is 4.90 Å². The fraction of sp³-hybridized carbons (Fsp3) is 0.0222. The lowest BCUT2D eigenvalue weighted by molar-refractivity contribution is 0.795. The molecule has 1 atom stereocenters. The van der Waals surface area contributed by atoms with Gasteiger partial charge in [-0.05, 0) is 103 Å². The maximum atomic E-state index is 2.48. The number of fused-ring (bicyclic) bond motifs is 12. The molecule has 0 saturated heterocycles. The predicted molar refractivity (Wildman–Crippen MR) is 192 cm³/mol. The molecule has 1 nitrogen and oxygen atoms in total. The van der Waals surface area contributed by atoms with Gasteiger partial charge in [0.1, 0.15) is 0 Å². The molecular formula is C45H29N. The molecule has 1 unspecified atom stereocenters. The summed E-state index contributed by atoms with van der Waals surface area (Å²) >= 11 is 0. The third-order valence-corrected chi connectivity index (χ3v) is 10.2. The van der Waals surface area contributed by atoms with Crippen molar-refractivity contribution >= 4 is 38.6 Å². The molecule has 0 aliphatic heterocycles. The maximum absolute atomic E-state index is 2.48. The van der Waals surface area contributed by atoms with Gasteiger partial charge in [-0.25, -0.2) is 0 Å². The van der Waals surface area contributed by atoms with E-state index in [1.807, 2.05) is 0 Å². The SMILES string of the molecule is c1ccc(N(c2ccc3c(c2)C2(c4ccccc4-3)c3ccccc3-c3cc4ccccc4cc32)c2cccc3ccccc23)cc1. The number of benzene rings is 8. The second-order valence-electron chi connectivity index (χ2n) is 12.5. The molecule has 0 aromatic heterocycles. The van der Waals surface area contributed by atoms with Crippen molar-refractivity contribution in [1.82, 2.24) is 0 Å². The Hall–Kier alpha value is -5.92. The van der Waals surface area contributed by atoms with E-state index in [1.54, 1.807) is 0 Å². The van der Waals surface area contributed by atoms with Gasteiger partial charge in [0.15, 0.2) is 0 Å². The van der Waals surface area contributed by atoms with Crippen LogP contribution in [0, 0.1) is 0 Å². The number of hydrogen-bond acceptors (Lipinski definition) is 1. The van der Waals surface area contributed by atoms with Gasteiger partial charge in [-0.1, -0.05) is 133 Å². The molecule has 0 heterocycles. The molecule has 1 heteroatoms. The Morgan fingerprint density at radius 1 is 0.326 bits per heavy atom. The zero-order valence-electron chi connectivity index (χ0n) is 25.2. The van der Waals surface area contributed by atoms with E-state index >= 15 is 0 Å². The van der Waals surface area contributed by atoms with Crippen LogP contribution in [0.2, 0.25) is 0 Å². The van der Waals surface area contributed by atoms with Gasteiger partial charge in [-0.15, -0.1) is 0 Å². The zero-order valence-corrected chi connectivity index (χ0v) is 25.2. The second kappa shape index (κ2) is 9.54. The first-order valence-corrected chi connectivity index (χ1v) is 16.0. The van der Waals surface area contributed by atoms with Crippen LogP contribution in [0.1, 0.15) is 22.3 Å². The van der Waals surface area contributed by atoms with Gasteiger partial charge in [-0.2, -0.15) is 0 Å². The predicted octanol–water partition coefficient (Wildman–Crippen LogP) is 11.8. The van der Waals surface area contributed by atoms with Crippen LogP contribution < -0.4 is 4.90 Å². The molecule has 8 aromatic carbocycles. The first kappa shape index (κ1) is 25.4. The van der Waals surface area contributed by atoms with Gasteiger partial charge in [0.2, 0.25) is 0 Å². The van der Waals surface area contributed by atoms with E-state index in [9.17, 15) is 0 Å². The van der Waals surface area contributed by atoms with Crippen LogP contribution in [0.25, 0.3) is 43.8 Å². The number of hydrogen-bond donors (Lipinski definition) is 0. The first-order valence-electron chi connectivity index (χ1n) is 16.0. The molecule has 1 spiro atoms. The molecule has 0 amide bonds. The minimum absolute atomic E-state index is 0.418. The molecule has 0 fully saturated rings. The smallest absolute Gasteiger partial charge is 0.0726 e. The molecule has 2 aliphatic carbocycles. The van der Waals surface area contributed by atoms with E-state index in [-0.39, 0.29) is 0 Å². The number of nitrogens with zero attached hydrogens (tertiary/aromatic N) is 1. The highest BCUT2D eigenvalue weighted by Crippen LogP contribution is 2.63. The van der Waals surface area contributed by atoms with Crippen LogP contribution in [0.3, 0.4) is 0 Å². The monoisotopic (exact) mass is 583 g/mol. The van der Waals surface area contributed by atoms with Crippen molar-refractivity contribution in [1.29, 1.82) is 0 Å². The lowest BCUT2D eigenvalue weighted by atomic mass is 9.70. The number of anilines is 3. The zero-order chi connectivity index (χ0) is 30.2. The summed E-state index contributed by atoms with van der Waals surface area (Å²) < 4.78 is 0. The van der Waals surface area contributed by atoms with Gasteiger partial charge in [0, 0.05) is 16.8 Å². The average molecular weight is 584 g/mol. The van der Waals surface area contributed by atoms with Gasteiger partial charge in [0.25, 0.3) is 0 Å². The van der Waals surface area contributed by atoms with E-state index in [4.69, 9.17) is 0 Å². The van der Waals surface area contributed by atoms with Crippen LogP contribution in [0.4, 0.5) is 17.1 Å². The molecule has 214 valence electrons. The first-order chi connectivity index (χ1) is 22.8. The highest BCUT2D eigenvalue weighted by molar-refractivity contribution is 6.02. The fourth-order valence-electron chi connectivity index (χ4n) is 8.36. The summed E-state index contributed by atoms with van der Waals surface area (Å²) in [6, 6.07) is 65.0. The molecule has 0 saturated carbocycles. The minimum Gasteiger partial charge on any atom is -0.310 e. The van der Waals surface area contributed by atoms with Crippen molar-refractivity contribution in [2.75, 3.05) is 4.90 Å². The van der Waals surface area contributed by atoms with Gasteiger partial charge in [0.05, 0.1) is 11.1 Å². The van der Waals surface area contributed by atoms with Crippen LogP contribution >= 0.6 is 0 Å². The van der Waals surface area contributed by atoms with Gasteiger partial charge >= 0.3 is 0 Å². The van der Waals surface area contributed by atoms with Crippen LogP contribution in [-0.2, 0) is 5.41 Å². The van der Waals surface area contributed by atoms with E-state index in [0.717, 1.165) is 11.4 Å². The Labute approximate surface area is 268 Å². The summed E-state index contributed by atoms with van der Waals surface area (Å²) in [5, 5.41) is 5.02. The highest BCUT2D eigenvalue weighted by atomic mass is 15.1. The standard InChI is InChI=1S/C45H29N/c1-2-17-33(18-3-1)46(44-24-12-16-30-13-6-7-19-35(30)44)34-25-26-38-36-20-8-10-22-40(36)45(43(38)29-34)41-23-11-9-21-37(41)39-27-31-14-4-5-15-32(31)28-42(39)45/h1-29H. The molecular weight excluding hydrogens is 555 g/mol. The molecule has 0 N–H and O–H groups in total. The lowest BCUT2D eigenvalue weighted by Gasteiger charge is -2.32. The summed E-state index contributed by atoms with van der Waals surface area (Å²) in [7, 11) is 0. The maximum Gasteiger partial charge on any atom is 0.0726 e. The van der Waals surface area contributed by atoms with E-state index < -0.39 is 5.41 Å². The van der Waals surface area contributed by atoms with Crippen molar-refractivity contribution in [3.63, 3.8) is 0 Å². The highest BCUT2D eigenvalue weighted by Gasteiger charge is 2.51. The Morgan fingerprint density at radius 3 is 1.67 bits per heavy atom. The molecule has 8 aromatic rings. The lowest BCUT2D eigenvalue weighted by Crippen LogP contribution is -2.26. The second-order valence-corrected chi connectivity index (χ2v) is 12.5. The van der Waals surface area contributed by atoms with E-state index in [0.29, 0.717) is 0 Å². The third kappa shape index (κ3) is 3.35. The van der Waals surface area contributed by atoms with Crippen LogP contribution in [-0.4, -0.2) is 0 Å². The molecule has 2 aliphatic rings. The Bertz CT molecular complexity index is 2490. The van der Waals surface area contributed by atoms with Crippen LogP contribution in [0.5, 0.6) is 0 Å². The molecule has 0 radical (unpaired) electrons. The molecule has 10 rings (SSSR count). The topological polar surface area (TPSA) is 3.24 Å². The normalized spacial score (nSPS) is 15.5. The van der Waals surface area contributed by atoms with Crippen molar-refractivity contribution < 1.29 is 0 Å². The van der Waals surface area contributed by atoms with Crippen molar-refractivity contribution in [3.8, 4) is 22.3 Å². The average Bonchev–Trinajstić information content (AvgIpc) is 3.58. The van der Waals surface area contributed by atoms with Crippen molar-refractivity contribution in [2.24, 2.45) is 0 Å². The molecule has 46 heavy (non-hydrogen) atoms. The van der Waals surface area contributed by atoms with E-state index in [1.165, 1.54) is 71.7 Å². The van der Waals surface area contributed by atoms with Crippen LogP contribution in [0.15, 0.2) is 176 Å².